The molecule has 0 spiro atoms. The van der Waals surface area contributed by atoms with E-state index in [0.717, 1.165) is 18.7 Å². The van der Waals surface area contributed by atoms with Gasteiger partial charge in [-0.05, 0) is 31.9 Å². The molecule has 2 heterocycles. The molecule has 5 heteroatoms. The molecule has 0 radical (unpaired) electrons. The van der Waals surface area contributed by atoms with Gasteiger partial charge in [-0.15, -0.1) is 0 Å². The van der Waals surface area contributed by atoms with Crippen molar-refractivity contribution in [2.75, 3.05) is 6.54 Å². The number of likely N-dealkylation sites (tertiary alicyclic amines) is 1. The number of piperidine rings is 1. The molecule has 0 saturated carbocycles. The second kappa shape index (κ2) is 6.87. The van der Waals surface area contributed by atoms with Crippen LogP contribution in [0.5, 0.6) is 0 Å². The Morgan fingerprint density at radius 3 is 2.65 bits per heavy atom. The van der Waals surface area contributed by atoms with Crippen LogP contribution >= 0.6 is 0 Å². The lowest BCUT2D eigenvalue weighted by Crippen LogP contribution is -2.33. The lowest BCUT2D eigenvalue weighted by molar-refractivity contribution is 0.0689. The van der Waals surface area contributed by atoms with Crippen LogP contribution in [0.25, 0.3) is 0 Å². The minimum Gasteiger partial charge on any atom is -0.476 e. The maximum atomic E-state index is 10.9. The Balaban J connectivity index is 1.76. The van der Waals surface area contributed by atoms with Crippen molar-refractivity contribution in [1.29, 1.82) is 0 Å². The first-order chi connectivity index (χ1) is 11.1. The van der Waals surface area contributed by atoms with Crippen molar-refractivity contribution >= 4 is 5.97 Å². The van der Waals surface area contributed by atoms with Gasteiger partial charge in [0, 0.05) is 12.6 Å². The van der Waals surface area contributed by atoms with Crippen molar-refractivity contribution in [2.45, 2.75) is 38.8 Å². The molecule has 1 aliphatic rings. The van der Waals surface area contributed by atoms with Gasteiger partial charge in [0.2, 0.25) is 0 Å². The van der Waals surface area contributed by atoms with Crippen molar-refractivity contribution in [1.82, 2.24) is 14.9 Å². The number of nitrogens with zero attached hydrogens (tertiary/aromatic N) is 3. The van der Waals surface area contributed by atoms with Gasteiger partial charge in [-0.25, -0.2) is 9.78 Å². The fourth-order valence-electron chi connectivity index (χ4n) is 3.10. The highest BCUT2D eigenvalue weighted by molar-refractivity contribution is 5.84. The van der Waals surface area contributed by atoms with Crippen LogP contribution in [0.15, 0.2) is 36.7 Å². The first-order valence-corrected chi connectivity index (χ1v) is 7.98. The molecule has 5 nitrogen and oxygen atoms in total. The third kappa shape index (κ3) is 3.74. The predicted molar refractivity (Wildman–Crippen MR) is 87.2 cm³/mol. The van der Waals surface area contributed by atoms with Gasteiger partial charge < -0.3 is 5.11 Å². The standard InChI is InChI=1S/C18H21N3O2/c1-13-5-7-14(8-6-13)17-4-2-3-9-21(17)12-15-10-20-16(11-19-15)18(22)23/h5-8,10-11,17H,2-4,9,12H2,1H3,(H,22,23). The van der Waals surface area contributed by atoms with E-state index in [1.807, 2.05) is 0 Å². The average molecular weight is 311 g/mol. The van der Waals surface area contributed by atoms with Crippen molar-refractivity contribution < 1.29 is 9.90 Å². The van der Waals surface area contributed by atoms with Crippen LogP contribution < -0.4 is 0 Å². The maximum absolute atomic E-state index is 10.9. The normalized spacial score (nSPS) is 18.7. The zero-order valence-corrected chi connectivity index (χ0v) is 13.3. The molecule has 2 aromatic rings. The zero-order valence-electron chi connectivity index (χ0n) is 13.3. The Kier molecular flexibility index (Phi) is 4.67. The van der Waals surface area contributed by atoms with Gasteiger partial charge in [-0.1, -0.05) is 36.2 Å². The summed E-state index contributed by atoms with van der Waals surface area (Å²) in [7, 11) is 0. The smallest absolute Gasteiger partial charge is 0.356 e. The average Bonchev–Trinajstić information content (AvgIpc) is 2.57. The highest BCUT2D eigenvalue weighted by Crippen LogP contribution is 2.31. The van der Waals surface area contributed by atoms with Crippen molar-refractivity contribution in [2.24, 2.45) is 0 Å². The molecule has 1 aromatic heterocycles. The van der Waals surface area contributed by atoms with Crippen LogP contribution in [0.3, 0.4) is 0 Å². The van der Waals surface area contributed by atoms with E-state index in [-0.39, 0.29) is 5.69 Å². The second-order valence-electron chi connectivity index (χ2n) is 6.09. The monoisotopic (exact) mass is 311 g/mol. The summed E-state index contributed by atoms with van der Waals surface area (Å²) in [4.78, 5) is 21.5. The summed E-state index contributed by atoms with van der Waals surface area (Å²) >= 11 is 0. The number of carboxylic acids is 1. The minimum atomic E-state index is -1.04. The van der Waals surface area contributed by atoms with Crippen LogP contribution in [0.2, 0.25) is 0 Å². The summed E-state index contributed by atoms with van der Waals surface area (Å²) in [5.41, 5.74) is 3.41. The third-order valence-corrected chi connectivity index (χ3v) is 4.37. The Hall–Kier alpha value is -2.27. The molecule has 120 valence electrons. The van der Waals surface area contributed by atoms with E-state index >= 15 is 0 Å². The fourth-order valence-corrected chi connectivity index (χ4v) is 3.10. The summed E-state index contributed by atoms with van der Waals surface area (Å²) in [5.74, 6) is -1.04. The molecule has 1 aliphatic heterocycles. The first-order valence-electron chi connectivity index (χ1n) is 7.98. The molecule has 23 heavy (non-hydrogen) atoms. The number of carbonyl (C=O) groups is 1. The molecule has 0 aliphatic carbocycles. The molecule has 1 N–H and O–H groups in total. The van der Waals surface area contributed by atoms with Crippen molar-refractivity contribution in [3.05, 3.63) is 59.2 Å². The number of rotatable bonds is 4. The van der Waals surface area contributed by atoms with Gasteiger partial charge in [-0.3, -0.25) is 9.88 Å². The Bertz CT molecular complexity index is 668. The molecule has 1 saturated heterocycles. The van der Waals surface area contributed by atoms with Gasteiger partial charge in [0.25, 0.3) is 0 Å². The number of benzene rings is 1. The van der Waals surface area contributed by atoms with E-state index in [4.69, 9.17) is 5.11 Å². The summed E-state index contributed by atoms with van der Waals surface area (Å²) in [6.07, 6.45) is 6.47. The van der Waals surface area contributed by atoms with E-state index in [0.29, 0.717) is 12.6 Å². The number of hydrogen-bond donors (Lipinski definition) is 1. The number of aryl methyl sites for hydroxylation is 1. The highest BCUT2D eigenvalue weighted by Gasteiger charge is 2.24. The molecule has 1 aromatic carbocycles. The largest absolute Gasteiger partial charge is 0.476 e. The van der Waals surface area contributed by atoms with Crippen LogP contribution in [0.4, 0.5) is 0 Å². The van der Waals surface area contributed by atoms with Crippen LogP contribution in [-0.2, 0) is 6.54 Å². The molecule has 1 fully saturated rings. The van der Waals surface area contributed by atoms with Crippen molar-refractivity contribution in [3.8, 4) is 0 Å². The van der Waals surface area contributed by atoms with Gasteiger partial charge >= 0.3 is 5.97 Å². The third-order valence-electron chi connectivity index (χ3n) is 4.37. The molecule has 3 rings (SSSR count). The summed E-state index contributed by atoms with van der Waals surface area (Å²) in [6.45, 7) is 3.83. The molecule has 0 amide bonds. The SMILES string of the molecule is Cc1ccc(C2CCCCN2Cc2cnc(C(=O)O)cn2)cc1. The predicted octanol–water partition coefficient (Wildman–Crippen LogP) is 3.21. The molecular formula is C18H21N3O2. The number of aromatic nitrogens is 2. The van der Waals surface area contributed by atoms with E-state index in [2.05, 4.69) is 46.1 Å². The maximum Gasteiger partial charge on any atom is 0.356 e. The summed E-state index contributed by atoms with van der Waals surface area (Å²) in [5, 5.41) is 8.90. The number of carboxylic acid groups (broad SMARTS) is 1. The first kappa shape index (κ1) is 15.6. The molecule has 1 atom stereocenters. The van der Waals surface area contributed by atoms with E-state index in [1.165, 1.54) is 30.2 Å². The van der Waals surface area contributed by atoms with E-state index in [9.17, 15) is 4.79 Å². The second-order valence-corrected chi connectivity index (χ2v) is 6.09. The lowest BCUT2D eigenvalue weighted by Gasteiger charge is -2.35. The van der Waals surface area contributed by atoms with E-state index < -0.39 is 5.97 Å². The summed E-state index contributed by atoms with van der Waals surface area (Å²) < 4.78 is 0. The summed E-state index contributed by atoms with van der Waals surface area (Å²) in [6, 6.07) is 9.12. The zero-order chi connectivity index (χ0) is 16.2. The van der Waals surface area contributed by atoms with Crippen LogP contribution in [0.1, 0.15) is 52.6 Å². The minimum absolute atomic E-state index is 0.0116. The molecular weight excluding hydrogens is 290 g/mol. The number of hydrogen-bond acceptors (Lipinski definition) is 4. The Morgan fingerprint density at radius 1 is 1.22 bits per heavy atom. The van der Waals surface area contributed by atoms with Gasteiger partial charge in [0.1, 0.15) is 0 Å². The number of aromatic carboxylic acids is 1. The van der Waals surface area contributed by atoms with Crippen molar-refractivity contribution in [3.63, 3.8) is 0 Å². The fraction of sp³-hybridized carbons (Fsp3) is 0.389. The van der Waals surface area contributed by atoms with E-state index in [1.54, 1.807) is 6.20 Å². The van der Waals surface area contributed by atoms with Gasteiger partial charge in [-0.2, -0.15) is 0 Å². The Morgan fingerprint density at radius 2 is 2.00 bits per heavy atom. The Labute approximate surface area is 136 Å². The highest BCUT2D eigenvalue weighted by atomic mass is 16.4. The van der Waals surface area contributed by atoms with Crippen LogP contribution in [0, 0.1) is 6.92 Å². The molecule has 1 unspecified atom stereocenters. The van der Waals surface area contributed by atoms with Gasteiger partial charge in [0.05, 0.1) is 18.1 Å². The van der Waals surface area contributed by atoms with Gasteiger partial charge in [0.15, 0.2) is 5.69 Å². The van der Waals surface area contributed by atoms with Crippen LogP contribution in [-0.4, -0.2) is 32.5 Å². The lowest BCUT2D eigenvalue weighted by atomic mass is 9.94. The quantitative estimate of drug-likeness (QED) is 0.939. The molecule has 0 bridgehead atoms. The topological polar surface area (TPSA) is 66.3 Å².